The van der Waals surface area contributed by atoms with Crippen molar-refractivity contribution < 1.29 is 0 Å². The lowest BCUT2D eigenvalue weighted by atomic mass is 10.2. The third-order valence-corrected chi connectivity index (χ3v) is 2.49. The van der Waals surface area contributed by atoms with Gasteiger partial charge in [0.1, 0.15) is 0 Å². The first-order valence-electron chi connectivity index (χ1n) is 4.20. The van der Waals surface area contributed by atoms with Gasteiger partial charge in [0.2, 0.25) is 0 Å². The van der Waals surface area contributed by atoms with Crippen molar-refractivity contribution >= 4 is 15.9 Å². The summed E-state index contributed by atoms with van der Waals surface area (Å²) in [4.78, 5) is 11.5. The Morgan fingerprint density at radius 3 is 3.00 bits per heavy atom. The van der Waals surface area contributed by atoms with Crippen molar-refractivity contribution in [3.63, 3.8) is 0 Å². The van der Waals surface area contributed by atoms with E-state index in [1.165, 1.54) is 0 Å². The number of hydrogen-bond acceptors (Lipinski definition) is 2. The Hall–Kier alpha value is -0.610. The molecule has 72 valence electrons. The summed E-state index contributed by atoms with van der Waals surface area (Å²) in [5.41, 5.74) is 5.48. The van der Waals surface area contributed by atoms with E-state index >= 15 is 0 Å². The van der Waals surface area contributed by atoms with E-state index in [1.54, 1.807) is 16.8 Å². The van der Waals surface area contributed by atoms with Crippen LogP contribution >= 0.6 is 15.9 Å². The van der Waals surface area contributed by atoms with Gasteiger partial charge >= 0.3 is 0 Å². The van der Waals surface area contributed by atoms with Crippen LogP contribution in [0.5, 0.6) is 0 Å². The van der Waals surface area contributed by atoms with Gasteiger partial charge in [0, 0.05) is 12.7 Å². The normalized spacial score (nSPS) is 12.8. The van der Waals surface area contributed by atoms with Gasteiger partial charge in [-0.15, -0.1) is 0 Å². The number of aromatic nitrogens is 1. The van der Waals surface area contributed by atoms with Crippen molar-refractivity contribution in [1.29, 1.82) is 0 Å². The lowest BCUT2D eigenvalue weighted by molar-refractivity contribution is 0.481. The van der Waals surface area contributed by atoms with Crippen LogP contribution in [0.1, 0.15) is 6.92 Å². The molecule has 0 spiro atoms. The molecule has 4 heteroatoms. The van der Waals surface area contributed by atoms with Crippen LogP contribution in [0.25, 0.3) is 0 Å². The maximum atomic E-state index is 11.5. The highest BCUT2D eigenvalue weighted by molar-refractivity contribution is 9.10. The molecule has 13 heavy (non-hydrogen) atoms. The summed E-state index contributed by atoms with van der Waals surface area (Å²) in [6.07, 6.45) is 1.78. The third kappa shape index (κ3) is 2.67. The average Bonchev–Trinajstić information content (AvgIpc) is 2.13. The quantitative estimate of drug-likeness (QED) is 0.869. The summed E-state index contributed by atoms with van der Waals surface area (Å²) in [7, 11) is 0. The van der Waals surface area contributed by atoms with E-state index in [0.717, 1.165) is 0 Å². The molecule has 0 saturated heterocycles. The lowest BCUT2D eigenvalue weighted by Gasteiger charge is -2.10. The number of rotatable bonds is 3. The smallest absolute Gasteiger partial charge is 0.264 e. The number of halogens is 1. The maximum absolute atomic E-state index is 11.5. The molecule has 0 aliphatic carbocycles. The Labute approximate surface area is 85.7 Å². The van der Waals surface area contributed by atoms with Gasteiger partial charge in [-0.2, -0.15) is 0 Å². The molecular weight excluding hydrogens is 232 g/mol. The molecule has 0 aliphatic heterocycles. The van der Waals surface area contributed by atoms with E-state index in [0.29, 0.717) is 23.5 Å². The van der Waals surface area contributed by atoms with Crippen LogP contribution in [0, 0.1) is 5.92 Å². The number of hydrogen-bond donors (Lipinski definition) is 1. The molecule has 1 atom stereocenters. The highest BCUT2D eigenvalue weighted by Crippen LogP contribution is 2.02. The van der Waals surface area contributed by atoms with Gasteiger partial charge in [-0.25, -0.2) is 0 Å². The second-order valence-electron chi connectivity index (χ2n) is 3.15. The van der Waals surface area contributed by atoms with Crippen LogP contribution in [-0.2, 0) is 6.54 Å². The molecule has 0 fully saturated rings. The third-order valence-electron chi connectivity index (χ3n) is 1.88. The Balaban J connectivity index is 2.89. The molecule has 0 radical (unpaired) electrons. The molecule has 0 aliphatic rings. The van der Waals surface area contributed by atoms with Crippen LogP contribution in [0.4, 0.5) is 0 Å². The van der Waals surface area contributed by atoms with Gasteiger partial charge in [-0.3, -0.25) is 4.79 Å². The first-order valence-corrected chi connectivity index (χ1v) is 4.99. The van der Waals surface area contributed by atoms with Crippen LogP contribution in [0.3, 0.4) is 0 Å². The van der Waals surface area contributed by atoms with E-state index in [2.05, 4.69) is 15.9 Å². The van der Waals surface area contributed by atoms with Gasteiger partial charge in [-0.05, 0) is 40.5 Å². The average molecular weight is 245 g/mol. The van der Waals surface area contributed by atoms with Crippen molar-refractivity contribution in [2.45, 2.75) is 13.5 Å². The predicted molar refractivity (Wildman–Crippen MR) is 56.6 cm³/mol. The van der Waals surface area contributed by atoms with Gasteiger partial charge in [0.05, 0.1) is 4.47 Å². The van der Waals surface area contributed by atoms with Crippen molar-refractivity contribution in [1.82, 2.24) is 4.57 Å². The van der Waals surface area contributed by atoms with Crippen molar-refractivity contribution in [3.05, 3.63) is 33.2 Å². The largest absolute Gasteiger partial charge is 0.330 e. The van der Waals surface area contributed by atoms with E-state index in [9.17, 15) is 4.79 Å². The van der Waals surface area contributed by atoms with Crippen LogP contribution in [0.2, 0.25) is 0 Å². The molecule has 3 nitrogen and oxygen atoms in total. The zero-order valence-electron chi connectivity index (χ0n) is 7.53. The minimum absolute atomic E-state index is 0.00259. The molecule has 2 N–H and O–H groups in total. The summed E-state index contributed by atoms with van der Waals surface area (Å²) in [6, 6.07) is 3.58. The van der Waals surface area contributed by atoms with Crippen LogP contribution in [0.15, 0.2) is 27.6 Å². The van der Waals surface area contributed by atoms with Crippen molar-refractivity contribution in [2.24, 2.45) is 11.7 Å². The fourth-order valence-electron chi connectivity index (χ4n) is 1.06. The monoisotopic (exact) mass is 244 g/mol. The van der Waals surface area contributed by atoms with Gasteiger partial charge in [-0.1, -0.05) is 6.92 Å². The summed E-state index contributed by atoms with van der Waals surface area (Å²) in [5.74, 6) is 0.326. The van der Waals surface area contributed by atoms with Crippen LogP contribution in [-0.4, -0.2) is 11.1 Å². The molecule has 1 heterocycles. The lowest BCUT2D eigenvalue weighted by Crippen LogP contribution is -2.25. The molecule has 0 amide bonds. The summed E-state index contributed by atoms with van der Waals surface area (Å²) < 4.78 is 2.26. The Bertz CT molecular complexity index is 335. The summed E-state index contributed by atoms with van der Waals surface area (Å²) >= 11 is 3.19. The topological polar surface area (TPSA) is 48.0 Å². The molecule has 1 rings (SSSR count). The Morgan fingerprint density at radius 1 is 1.69 bits per heavy atom. The van der Waals surface area contributed by atoms with E-state index in [1.807, 2.05) is 13.0 Å². The minimum Gasteiger partial charge on any atom is -0.330 e. The zero-order chi connectivity index (χ0) is 9.84. The molecule has 0 saturated carbocycles. The number of nitrogens with zero attached hydrogens (tertiary/aromatic N) is 1. The molecule has 1 aromatic heterocycles. The minimum atomic E-state index is 0.00259. The second kappa shape index (κ2) is 4.58. The highest BCUT2D eigenvalue weighted by Gasteiger charge is 2.03. The Morgan fingerprint density at radius 2 is 2.38 bits per heavy atom. The first-order chi connectivity index (χ1) is 6.15. The molecule has 0 bridgehead atoms. The Kier molecular flexibility index (Phi) is 3.69. The van der Waals surface area contributed by atoms with Gasteiger partial charge < -0.3 is 10.3 Å². The van der Waals surface area contributed by atoms with Crippen molar-refractivity contribution in [3.8, 4) is 0 Å². The standard InChI is InChI=1S/C9H13BrN2O/c1-7(5-11)6-12-4-2-3-8(10)9(12)13/h2-4,7H,5-6,11H2,1H3. The second-order valence-corrected chi connectivity index (χ2v) is 4.01. The fraction of sp³-hybridized carbons (Fsp3) is 0.444. The van der Waals surface area contributed by atoms with Gasteiger partial charge in [0.25, 0.3) is 5.56 Å². The molecular formula is C9H13BrN2O. The maximum Gasteiger partial charge on any atom is 0.264 e. The molecule has 1 aromatic rings. The number of pyridine rings is 1. The van der Waals surface area contributed by atoms with E-state index < -0.39 is 0 Å². The van der Waals surface area contributed by atoms with Gasteiger partial charge in [0.15, 0.2) is 0 Å². The van der Waals surface area contributed by atoms with Crippen LogP contribution < -0.4 is 11.3 Å². The predicted octanol–water partition coefficient (Wildman–Crippen LogP) is 1.21. The SMILES string of the molecule is CC(CN)Cn1cccc(Br)c1=O. The van der Waals surface area contributed by atoms with E-state index in [4.69, 9.17) is 5.73 Å². The highest BCUT2D eigenvalue weighted by atomic mass is 79.9. The van der Waals surface area contributed by atoms with E-state index in [-0.39, 0.29) is 5.56 Å². The first kappa shape index (κ1) is 10.5. The summed E-state index contributed by atoms with van der Waals surface area (Å²) in [6.45, 7) is 3.29. The van der Waals surface area contributed by atoms with Crippen molar-refractivity contribution in [2.75, 3.05) is 6.54 Å². The zero-order valence-corrected chi connectivity index (χ0v) is 9.12. The fourth-order valence-corrected chi connectivity index (χ4v) is 1.44. The number of nitrogens with two attached hydrogens (primary N) is 1. The molecule has 1 unspecified atom stereocenters. The summed E-state index contributed by atoms with van der Waals surface area (Å²) in [5, 5.41) is 0. The molecule has 0 aromatic carbocycles.